The molecule has 0 spiro atoms. The molecule has 0 amide bonds. The van der Waals surface area contributed by atoms with Crippen LogP contribution in [0, 0.1) is 13.8 Å². The molecule has 0 aliphatic heterocycles. The summed E-state index contributed by atoms with van der Waals surface area (Å²) >= 11 is 0. The second-order valence-electron chi connectivity index (χ2n) is 3.59. The van der Waals surface area contributed by atoms with Crippen LogP contribution in [0.4, 0.5) is 0 Å². The van der Waals surface area contributed by atoms with E-state index in [1.807, 2.05) is 0 Å². The Labute approximate surface area is 91.4 Å². The lowest BCUT2D eigenvalue weighted by atomic mass is 10.1. The second kappa shape index (κ2) is 6.56. The summed E-state index contributed by atoms with van der Waals surface area (Å²) in [6, 6.07) is 6.41. The van der Waals surface area contributed by atoms with Crippen molar-refractivity contribution in [3.63, 3.8) is 0 Å². The Hall–Kier alpha value is -0.900. The van der Waals surface area contributed by atoms with E-state index in [2.05, 4.69) is 37.5 Å². The lowest BCUT2D eigenvalue weighted by molar-refractivity contribution is 0.00339. The lowest BCUT2D eigenvalue weighted by Gasteiger charge is -2.08. The summed E-state index contributed by atoms with van der Waals surface area (Å²) in [5.41, 5.74) is 6.75. The Morgan fingerprint density at radius 2 is 2.00 bits per heavy atom. The first kappa shape index (κ1) is 12.2. The van der Waals surface area contributed by atoms with Gasteiger partial charge in [0, 0.05) is 13.7 Å². The van der Waals surface area contributed by atoms with E-state index in [9.17, 15) is 0 Å². The van der Waals surface area contributed by atoms with Gasteiger partial charge in [0.1, 0.15) is 0 Å². The first-order chi connectivity index (χ1) is 7.24. The first-order valence-corrected chi connectivity index (χ1v) is 5.13. The summed E-state index contributed by atoms with van der Waals surface area (Å²) < 4.78 is 4.87. The fourth-order valence-electron chi connectivity index (χ4n) is 1.32. The van der Waals surface area contributed by atoms with Crippen molar-refractivity contribution in [2.75, 3.05) is 20.3 Å². The van der Waals surface area contributed by atoms with Crippen LogP contribution >= 0.6 is 0 Å². The molecule has 3 heteroatoms. The normalized spacial score (nSPS) is 10.6. The molecule has 0 saturated carbocycles. The Kier molecular flexibility index (Phi) is 5.32. The minimum absolute atomic E-state index is 0.571. The highest BCUT2D eigenvalue weighted by Gasteiger charge is 1.98. The molecular formula is C12H19NO2. The molecule has 84 valence electrons. The monoisotopic (exact) mass is 209 g/mol. The second-order valence-corrected chi connectivity index (χ2v) is 3.59. The van der Waals surface area contributed by atoms with Crippen molar-refractivity contribution in [2.45, 2.75) is 20.4 Å². The van der Waals surface area contributed by atoms with Crippen LogP contribution in [0.3, 0.4) is 0 Å². The summed E-state index contributed by atoms with van der Waals surface area (Å²) in [5.74, 6) is 0. The van der Waals surface area contributed by atoms with E-state index in [-0.39, 0.29) is 0 Å². The molecule has 0 aliphatic carbocycles. The third kappa shape index (κ3) is 4.42. The maximum Gasteiger partial charge on any atom is 0.0916 e. The van der Waals surface area contributed by atoms with Gasteiger partial charge >= 0.3 is 0 Å². The van der Waals surface area contributed by atoms with Crippen molar-refractivity contribution < 1.29 is 9.57 Å². The maximum atomic E-state index is 5.20. The quantitative estimate of drug-likeness (QED) is 0.574. The molecular weight excluding hydrogens is 190 g/mol. The van der Waals surface area contributed by atoms with Crippen molar-refractivity contribution in [3.05, 3.63) is 34.9 Å². The van der Waals surface area contributed by atoms with E-state index in [0.717, 1.165) is 6.54 Å². The zero-order chi connectivity index (χ0) is 11.1. The minimum atomic E-state index is 0.571. The number of nitrogens with one attached hydrogen (secondary N) is 1. The third-order valence-electron chi connectivity index (χ3n) is 2.26. The zero-order valence-corrected chi connectivity index (χ0v) is 9.67. The van der Waals surface area contributed by atoms with Gasteiger partial charge in [-0.2, -0.15) is 5.48 Å². The van der Waals surface area contributed by atoms with Crippen LogP contribution in [0.5, 0.6) is 0 Å². The Morgan fingerprint density at radius 1 is 1.20 bits per heavy atom. The molecule has 0 unspecified atom stereocenters. The number of ether oxygens (including phenoxy) is 1. The van der Waals surface area contributed by atoms with Crippen molar-refractivity contribution in [1.29, 1.82) is 0 Å². The highest BCUT2D eigenvalue weighted by Crippen LogP contribution is 2.09. The average molecular weight is 209 g/mol. The van der Waals surface area contributed by atoms with Crippen LogP contribution in [0.1, 0.15) is 16.7 Å². The number of hydroxylamine groups is 1. The fourth-order valence-corrected chi connectivity index (χ4v) is 1.32. The molecule has 0 heterocycles. The van der Waals surface area contributed by atoms with Gasteiger partial charge in [-0.1, -0.05) is 23.8 Å². The Bertz CT molecular complexity index is 300. The molecule has 0 aromatic heterocycles. The van der Waals surface area contributed by atoms with Crippen LogP contribution in [0.15, 0.2) is 18.2 Å². The van der Waals surface area contributed by atoms with Crippen LogP contribution in [0.25, 0.3) is 0 Å². The van der Waals surface area contributed by atoms with E-state index >= 15 is 0 Å². The van der Waals surface area contributed by atoms with E-state index in [4.69, 9.17) is 9.57 Å². The summed E-state index contributed by atoms with van der Waals surface area (Å²) in [4.78, 5) is 5.20. The van der Waals surface area contributed by atoms with Crippen molar-refractivity contribution in [2.24, 2.45) is 0 Å². The number of hydrogen-bond donors (Lipinski definition) is 1. The molecule has 1 rings (SSSR count). The Morgan fingerprint density at radius 3 is 2.73 bits per heavy atom. The highest BCUT2D eigenvalue weighted by atomic mass is 16.7. The van der Waals surface area contributed by atoms with Crippen LogP contribution in [-0.2, 0) is 16.1 Å². The zero-order valence-electron chi connectivity index (χ0n) is 9.67. The predicted molar refractivity (Wildman–Crippen MR) is 60.6 cm³/mol. The molecule has 1 N–H and O–H groups in total. The highest BCUT2D eigenvalue weighted by molar-refractivity contribution is 5.30. The molecule has 0 bridgehead atoms. The van der Waals surface area contributed by atoms with Crippen molar-refractivity contribution in [1.82, 2.24) is 5.48 Å². The molecule has 1 aromatic rings. The van der Waals surface area contributed by atoms with Gasteiger partial charge in [-0.3, -0.25) is 4.84 Å². The molecule has 0 radical (unpaired) electrons. The average Bonchev–Trinajstić information content (AvgIpc) is 2.23. The summed E-state index contributed by atoms with van der Waals surface area (Å²) in [7, 11) is 1.66. The number of aryl methyl sites for hydroxylation is 2. The smallest absolute Gasteiger partial charge is 0.0916 e. The van der Waals surface area contributed by atoms with Gasteiger partial charge in [-0.15, -0.1) is 0 Å². The van der Waals surface area contributed by atoms with Gasteiger partial charge in [0.2, 0.25) is 0 Å². The van der Waals surface area contributed by atoms with Gasteiger partial charge in [0.25, 0.3) is 0 Å². The number of benzene rings is 1. The van der Waals surface area contributed by atoms with E-state index in [1.54, 1.807) is 7.11 Å². The van der Waals surface area contributed by atoms with Crippen molar-refractivity contribution in [3.8, 4) is 0 Å². The van der Waals surface area contributed by atoms with Crippen LogP contribution < -0.4 is 5.48 Å². The van der Waals surface area contributed by atoms with Gasteiger partial charge in [-0.25, -0.2) is 0 Å². The molecule has 0 aliphatic rings. The SMILES string of the molecule is COCCONCc1cc(C)ccc1C. The van der Waals surface area contributed by atoms with Crippen LogP contribution in [0.2, 0.25) is 0 Å². The molecule has 0 saturated heterocycles. The van der Waals surface area contributed by atoms with Gasteiger partial charge < -0.3 is 4.74 Å². The molecule has 15 heavy (non-hydrogen) atoms. The molecule has 0 fully saturated rings. The summed E-state index contributed by atoms with van der Waals surface area (Å²) in [6.07, 6.45) is 0. The summed E-state index contributed by atoms with van der Waals surface area (Å²) in [6.45, 7) is 6.11. The van der Waals surface area contributed by atoms with Crippen LogP contribution in [-0.4, -0.2) is 20.3 Å². The largest absolute Gasteiger partial charge is 0.382 e. The Balaban J connectivity index is 2.33. The lowest BCUT2D eigenvalue weighted by Crippen LogP contribution is -2.17. The van der Waals surface area contributed by atoms with Crippen molar-refractivity contribution >= 4 is 0 Å². The fraction of sp³-hybridized carbons (Fsp3) is 0.500. The third-order valence-corrected chi connectivity index (χ3v) is 2.26. The molecule has 1 aromatic carbocycles. The van der Waals surface area contributed by atoms with E-state index in [0.29, 0.717) is 13.2 Å². The standard InChI is InChI=1S/C12H19NO2/c1-10-4-5-11(2)12(8-10)9-13-15-7-6-14-3/h4-5,8,13H,6-7,9H2,1-3H3. The minimum Gasteiger partial charge on any atom is -0.382 e. The number of methoxy groups -OCH3 is 1. The van der Waals surface area contributed by atoms with Gasteiger partial charge in [0.05, 0.1) is 13.2 Å². The van der Waals surface area contributed by atoms with Gasteiger partial charge in [-0.05, 0) is 25.0 Å². The topological polar surface area (TPSA) is 30.5 Å². The molecule has 3 nitrogen and oxygen atoms in total. The summed E-state index contributed by atoms with van der Waals surface area (Å²) in [5, 5.41) is 0. The van der Waals surface area contributed by atoms with E-state index < -0.39 is 0 Å². The van der Waals surface area contributed by atoms with Gasteiger partial charge in [0.15, 0.2) is 0 Å². The number of rotatable bonds is 6. The first-order valence-electron chi connectivity index (χ1n) is 5.13. The molecule has 0 atom stereocenters. The predicted octanol–water partition coefficient (Wildman–Crippen LogP) is 1.97. The maximum absolute atomic E-state index is 5.20. The number of hydrogen-bond acceptors (Lipinski definition) is 3. The van der Waals surface area contributed by atoms with E-state index in [1.165, 1.54) is 16.7 Å².